The summed E-state index contributed by atoms with van der Waals surface area (Å²) in [4.78, 5) is 14.4. The summed E-state index contributed by atoms with van der Waals surface area (Å²) in [5.74, 6) is -1.51. The SMILES string of the molecule is CC.C[C@H](CN(C)c1ccc(C#N)c(-c2ccc(F)cc2)c1)C(=O)Nc1ccc(C#N)c(C(F)(F)F)c1. The number of nitrogens with zero attached hydrogens (tertiary/aromatic N) is 3. The first kappa shape index (κ1) is 28.9. The van der Waals surface area contributed by atoms with E-state index >= 15 is 0 Å². The van der Waals surface area contributed by atoms with Gasteiger partial charge in [0.1, 0.15) is 5.82 Å². The summed E-state index contributed by atoms with van der Waals surface area (Å²) in [6.45, 7) is 5.85. The van der Waals surface area contributed by atoms with Gasteiger partial charge in [0.15, 0.2) is 0 Å². The van der Waals surface area contributed by atoms with E-state index in [1.165, 1.54) is 24.3 Å². The molecule has 37 heavy (non-hydrogen) atoms. The van der Waals surface area contributed by atoms with Gasteiger partial charge < -0.3 is 10.2 Å². The molecular formula is C28H26F4N4O. The number of anilines is 2. The molecule has 3 aromatic carbocycles. The smallest absolute Gasteiger partial charge is 0.374 e. The number of halogens is 4. The summed E-state index contributed by atoms with van der Waals surface area (Å²) in [7, 11) is 1.74. The van der Waals surface area contributed by atoms with Crippen LogP contribution in [0.25, 0.3) is 11.1 Å². The Hall–Kier alpha value is -4.37. The Kier molecular flexibility index (Phi) is 9.79. The van der Waals surface area contributed by atoms with Gasteiger partial charge in [-0.1, -0.05) is 32.9 Å². The van der Waals surface area contributed by atoms with Crippen molar-refractivity contribution >= 4 is 17.3 Å². The fourth-order valence-corrected chi connectivity index (χ4v) is 3.55. The van der Waals surface area contributed by atoms with E-state index in [1.54, 1.807) is 49.2 Å². The molecular weight excluding hydrogens is 484 g/mol. The molecule has 1 atom stereocenters. The van der Waals surface area contributed by atoms with Gasteiger partial charge in [-0.25, -0.2) is 4.39 Å². The minimum absolute atomic E-state index is 0.0622. The molecule has 0 bridgehead atoms. The minimum atomic E-state index is -4.73. The molecule has 0 aliphatic heterocycles. The highest BCUT2D eigenvalue weighted by Gasteiger charge is 2.34. The van der Waals surface area contributed by atoms with Crippen molar-refractivity contribution in [2.24, 2.45) is 5.92 Å². The van der Waals surface area contributed by atoms with Crippen LogP contribution in [-0.4, -0.2) is 19.5 Å². The van der Waals surface area contributed by atoms with E-state index < -0.39 is 34.9 Å². The Morgan fingerprint density at radius 3 is 2.14 bits per heavy atom. The molecule has 9 heteroatoms. The molecule has 0 unspecified atom stereocenters. The molecule has 3 aromatic rings. The quantitative estimate of drug-likeness (QED) is 0.363. The van der Waals surface area contributed by atoms with Crippen LogP contribution in [0.1, 0.15) is 37.5 Å². The average Bonchev–Trinajstić information content (AvgIpc) is 2.89. The molecule has 0 spiro atoms. The van der Waals surface area contributed by atoms with Crippen molar-refractivity contribution in [3.05, 3.63) is 83.2 Å². The number of nitriles is 2. The van der Waals surface area contributed by atoms with Crippen LogP contribution in [0.4, 0.5) is 28.9 Å². The van der Waals surface area contributed by atoms with Gasteiger partial charge in [-0.15, -0.1) is 0 Å². The first-order valence-corrected chi connectivity index (χ1v) is 11.5. The maximum absolute atomic E-state index is 13.3. The van der Waals surface area contributed by atoms with E-state index in [-0.39, 0.29) is 12.2 Å². The number of rotatable bonds is 6. The zero-order chi connectivity index (χ0) is 27.8. The third-order valence-electron chi connectivity index (χ3n) is 5.43. The van der Waals surface area contributed by atoms with E-state index in [0.29, 0.717) is 22.4 Å². The third kappa shape index (κ3) is 7.31. The number of benzene rings is 3. The Labute approximate surface area is 213 Å². The third-order valence-corrected chi connectivity index (χ3v) is 5.43. The second-order valence-corrected chi connectivity index (χ2v) is 7.99. The van der Waals surface area contributed by atoms with Gasteiger partial charge in [0.05, 0.1) is 34.7 Å². The van der Waals surface area contributed by atoms with Crippen molar-refractivity contribution in [1.29, 1.82) is 10.5 Å². The van der Waals surface area contributed by atoms with Crippen LogP contribution < -0.4 is 10.2 Å². The predicted octanol–water partition coefficient (Wildman–Crippen LogP) is 6.99. The van der Waals surface area contributed by atoms with Crippen molar-refractivity contribution in [2.45, 2.75) is 26.9 Å². The van der Waals surface area contributed by atoms with E-state index in [4.69, 9.17) is 5.26 Å². The van der Waals surface area contributed by atoms with E-state index in [2.05, 4.69) is 11.4 Å². The predicted molar refractivity (Wildman–Crippen MR) is 135 cm³/mol. The number of hydrogen-bond acceptors (Lipinski definition) is 4. The molecule has 0 radical (unpaired) electrons. The maximum atomic E-state index is 13.3. The Morgan fingerprint density at radius 1 is 0.973 bits per heavy atom. The molecule has 0 aliphatic carbocycles. The van der Waals surface area contributed by atoms with E-state index in [9.17, 15) is 27.6 Å². The number of nitrogens with one attached hydrogen (secondary N) is 1. The van der Waals surface area contributed by atoms with Crippen LogP contribution in [0.2, 0.25) is 0 Å². The summed E-state index contributed by atoms with van der Waals surface area (Å²) in [6, 6.07) is 17.4. The van der Waals surface area contributed by atoms with Crippen LogP contribution in [0, 0.1) is 34.4 Å². The van der Waals surface area contributed by atoms with Crippen LogP contribution in [0.15, 0.2) is 60.7 Å². The molecule has 1 N–H and O–H groups in total. The largest absolute Gasteiger partial charge is 0.417 e. The van der Waals surface area contributed by atoms with Gasteiger partial charge in [0, 0.05) is 30.5 Å². The highest BCUT2D eigenvalue weighted by atomic mass is 19.4. The van der Waals surface area contributed by atoms with Gasteiger partial charge >= 0.3 is 6.18 Å². The molecule has 0 aromatic heterocycles. The second-order valence-electron chi connectivity index (χ2n) is 7.99. The molecule has 3 rings (SSSR count). The molecule has 0 fully saturated rings. The molecule has 5 nitrogen and oxygen atoms in total. The minimum Gasteiger partial charge on any atom is -0.374 e. The molecule has 0 saturated heterocycles. The molecule has 0 saturated carbocycles. The van der Waals surface area contributed by atoms with E-state index in [0.717, 1.165) is 12.1 Å². The van der Waals surface area contributed by atoms with Crippen LogP contribution in [0.5, 0.6) is 0 Å². The Balaban J connectivity index is 0.00000235. The van der Waals surface area contributed by atoms with Crippen LogP contribution in [0.3, 0.4) is 0 Å². The second kappa shape index (κ2) is 12.5. The van der Waals surface area contributed by atoms with Gasteiger partial charge in [-0.3, -0.25) is 4.79 Å². The normalized spacial score (nSPS) is 11.3. The van der Waals surface area contributed by atoms with Crippen LogP contribution in [-0.2, 0) is 11.0 Å². The average molecular weight is 511 g/mol. The molecule has 1 amide bonds. The van der Waals surface area contributed by atoms with Gasteiger partial charge in [-0.05, 0) is 54.1 Å². The summed E-state index contributed by atoms with van der Waals surface area (Å²) in [6.07, 6.45) is -4.73. The molecule has 0 aliphatic rings. The summed E-state index contributed by atoms with van der Waals surface area (Å²) < 4.78 is 52.9. The summed E-state index contributed by atoms with van der Waals surface area (Å²) >= 11 is 0. The fourth-order valence-electron chi connectivity index (χ4n) is 3.55. The summed E-state index contributed by atoms with van der Waals surface area (Å²) in [5.41, 5.74) is 0.653. The first-order valence-electron chi connectivity index (χ1n) is 11.5. The van der Waals surface area contributed by atoms with Gasteiger partial charge in [-0.2, -0.15) is 23.7 Å². The number of alkyl halides is 3. The maximum Gasteiger partial charge on any atom is 0.417 e. The molecule has 192 valence electrons. The Morgan fingerprint density at radius 2 is 1.57 bits per heavy atom. The van der Waals surface area contributed by atoms with Crippen molar-refractivity contribution < 1.29 is 22.4 Å². The molecule has 0 heterocycles. The van der Waals surface area contributed by atoms with E-state index in [1.807, 2.05) is 13.8 Å². The van der Waals surface area contributed by atoms with Crippen molar-refractivity contribution in [2.75, 3.05) is 23.8 Å². The lowest BCUT2D eigenvalue weighted by Gasteiger charge is -2.24. The van der Waals surface area contributed by atoms with Gasteiger partial charge in [0.25, 0.3) is 0 Å². The topological polar surface area (TPSA) is 79.9 Å². The fraction of sp³-hybridized carbons (Fsp3) is 0.250. The highest BCUT2D eigenvalue weighted by molar-refractivity contribution is 5.93. The summed E-state index contributed by atoms with van der Waals surface area (Å²) in [5, 5.41) is 20.8. The zero-order valence-corrected chi connectivity index (χ0v) is 20.8. The lowest BCUT2D eigenvalue weighted by atomic mass is 9.99. The Bertz CT molecular complexity index is 1320. The standard InChI is InChI=1S/C26H20F4N4O.C2H6/c1-16(25(35)33-21-9-5-19(14-32)24(11-21)26(28,29)30)15-34(2)22-10-6-18(13-31)23(12-22)17-3-7-20(27)8-4-17;1-2/h3-12,16H,15H2,1-2H3,(H,33,35);1-2H3/t16-;/m1./s1. The first-order chi connectivity index (χ1) is 17.5. The number of carbonyl (C=O) groups is 1. The van der Waals surface area contributed by atoms with Crippen molar-refractivity contribution in [1.82, 2.24) is 0 Å². The van der Waals surface area contributed by atoms with Gasteiger partial charge in [0.2, 0.25) is 5.91 Å². The lowest BCUT2D eigenvalue weighted by Crippen LogP contribution is -2.32. The monoisotopic (exact) mass is 510 g/mol. The highest BCUT2D eigenvalue weighted by Crippen LogP contribution is 2.34. The van der Waals surface area contributed by atoms with Crippen molar-refractivity contribution in [3.63, 3.8) is 0 Å². The van der Waals surface area contributed by atoms with Crippen LogP contribution >= 0.6 is 0 Å². The lowest BCUT2D eigenvalue weighted by molar-refractivity contribution is -0.137. The zero-order valence-electron chi connectivity index (χ0n) is 20.8. The number of hydrogen-bond donors (Lipinski definition) is 1. The number of carbonyl (C=O) groups excluding carboxylic acids is 1. The van der Waals surface area contributed by atoms with Crippen molar-refractivity contribution in [3.8, 4) is 23.3 Å². The number of amides is 1.